The van der Waals surface area contributed by atoms with Crippen molar-refractivity contribution < 1.29 is 0 Å². The molecule has 1 aliphatic rings. The van der Waals surface area contributed by atoms with Gasteiger partial charge in [-0.25, -0.2) is 0 Å². The minimum atomic E-state index is 0.0969. The molecule has 1 N–H and O–H groups in total. The van der Waals surface area contributed by atoms with E-state index in [0.717, 1.165) is 73.7 Å². The standard InChI is InChI=1S/C27H29ClN6/c28-21-8-9-22-23(10-14-32-26(22)20-21)29-13-5-15-33-16-18-34(19-17-33)27(24-6-1-3-11-30-24)25-7-2-4-12-31-25/h1-4,6-12,14,20,27H,5,13,15-19H2,(H,29,32). The van der Waals surface area contributed by atoms with Crippen molar-refractivity contribution >= 4 is 28.2 Å². The lowest BCUT2D eigenvalue weighted by Gasteiger charge is -2.39. The normalized spacial score (nSPS) is 15.1. The summed E-state index contributed by atoms with van der Waals surface area (Å²) in [5.41, 5.74) is 4.15. The average molecular weight is 473 g/mol. The van der Waals surface area contributed by atoms with Crippen LogP contribution >= 0.6 is 11.6 Å². The molecule has 0 atom stereocenters. The first-order valence-electron chi connectivity index (χ1n) is 11.8. The number of anilines is 1. The molecule has 0 amide bonds. The maximum Gasteiger partial charge on any atom is 0.0950 e. The Morgan fingerprint density at radius 3 is 2.24 bits per heavy atom. The molecular weight excluding hydrogens is 444 g/mol. The largest absolute Gasteiger partial charge is 0.384 e. The number of piperazine rings is 1. The SMILES string of the molecule is Clc1ccc2c(NCCCN3CCN(C(c4ccccn4)c4ccccn4)CC3)ccnc2c1. The summed E-state index contributed by atoms with van der Waals surface area (Å²) in [6.45, 7) is 6.10. The summed E-state index contributed by atoms with van der Waals surface area (Å²) < 4.78 is 0. The number of aromatic nitrogens is 3. The van der Waals surface area contributed by atoms with Crippen molar-refractivity contribution in [1.29, 1.82) is 0 Å². The number of halogens is 1. The van der Waals surface area contributed by atoms with Gasteiger partial charge in [0.15, 0.2) is 0 Å². The molecular formula is C27H29ClN6. The van der Waals surface area contributed by atoms with Gasteiger partial charge in [-0.3, -0.25) is 19.9 Å². The molecule has 0 aliphatic carbocycles. The number of nitrogens with zero attached hydrogens (tertiary/aromatic N) is 5. The Kier molecular flexibility index (Phi) is 7.29. The number of rotatable bonds is 8. The molecule has 1 aromatic carbocycles. The molecule has 3 aromatic heterocycles. The second kappa shape index (κ2) is 10.9. The van der Waals surface area contributed by atoms with E-state index < -0.39 is 0 Å². The predicted molar refractivity (Wildman–Crippen MR) is 138 cm³/mol. The third-order valence-corrected chi connectivity index (χ3v) is 6.61. The predicted octanol–water partition coefficient (Wildman–Crippen LogP) is 4.89. The van der Waals surface area contributed by atoms with Crippen LogP contribution in [0.2, 0.25) is 5.02 Å². The fourth-order valence-electron chi connectivity index (χ4n) is 4.65. The molecule has 6 nitrogen and oxygen atoms in total. The lowest BCUT2D eigenvalue weighted by atomic mass is 10.1. The van der Waals surface area contributed by atoms with Crippen molar-refractivity contribution in [2.45, 2.75) is 12.5 Å². The Morgan fingerprint density at radius 2 is 1.56 bits per heavy atom. The van der Waals surface area contributed by atoms with Crippen LogP contribution in [0.1, 0.15) is 23.9 Å². The zero-order valence-electron chi connectivity index (χ0n) is 19.1. The smallest absolute Gasteiger partial charge is 0.0950 e. The number of benzene rings is 1. The van der Waals surface area contributed by atoms with Gasteiger partial charge in [0.05, 0.1) is 22.9 Å². The highest BCUT2D eigenvalue weighted by atomic mass is 35.5. The number of hydrogen-bond acceptors (Lipinski definition) is 6. The summed E-state index contributed by atoms with van der Waals surface area (Å²) in [4.78, 5) is 18.8. The van der Waals surface area contributed by atoms with Crippen molar-refractivity contribution in [3.63, 3.8) is 0 Å². The summed E-state index contributed by atoms with van der Waals surface area (Å²) >= 11 is 6.11. The molecule has 0 unspecified atom stereocenters. The molecule has 0 radical (unpaired) electrons. The third kappa shape index (κ3) is 5.36. The zero-order chi connectivity index (χ0) is 23.2. The minimum Gasteiger partial charge on any atom is -0.384 e. The van der Waals surface area contributed by atoms with Crippen LogP contribution in [0.3, 0.4) is 0 Å². The van der Waals surface area contributed by atoms with Crippen LogP contribution in [-0.2, 0) is 0 Å². The minimum absolute atomic E-state index is 0.0969. The molecule has 34 heavy (non-hydrogen) atoms. The van der Waals surface area contributed by atoms with Crippen LogP contribution in [0.5, 0.6) is 0 Å². The molecule has 0 saturated carbocycles. The van der Waals surface area contributed by atoms with Crippen LogP contribution in [0.15, 0.2) is 79.3 Å². The van der Waals surface area contributed by atoms with Gasteiger partial charge < -0.3 is 10.2 Å². The monoisotopic (exact) mass is 472 g/mol. The van der Waals surface area contributed by atoms with Crippen LogP contribution in [0.4, 0.5) is 5.69 Å². The summed E-state index contributed by atoms with van der Waals surface area (Å²) in [6, 6.07) is 20.2. The fourth-order valence-corrected chi connectivity index (χ4v) is 4.81. The van der Waals surface area contributed by atoms with Gasteiger partial charge in [0, 0.05) is 67.4 Å². The first kappa shape index (κ1) is 22.7. The van der Waals surface area contributed by atoms with Gasteiger partial charge in [-0.2, -0.15) is 0 Å². The van der Waals surface area contributed by atoms with E-state index in [9.17, 15) is 0 Å². The second-order valence-corrected chi connectivity index (χ2v) is 9.03. The first-order valence-corrected chi connectivity index (χ1v) is 12.2. The van der Waals surface area contributed by atoms with Crippen molar-refractivity contribution in [3.8, 4) is 0 Å². The topological polar surface area (TPSA) is 57.2 Å². The Labute approximate surface area is 205 Å². The van der Waals surface area contributed by atoms with E-state index in [1.807, 2.05) is 55.0 Å². The van der Waals surface area contributed by atoms with E-state index in [0.29, 0.717) is 5.02 Å². The van der Waals surface area contributed by atoms with Crippen LogP contribution in [-0.4, -0.2) is 64.0 Å². The molecule has 7 heteroatoms. The van der Waals surface area contributed by atoms with Gasteiger partial charge in [-0.1, -0.05) is 23.7 Å². The molecule has 1 fully saturated rings. The van der Waals surface area contributed by atoms with E-state index in [1.165, 1.54) is 0 Å². The lowest BCUT2D eigenvalue weighted by Crippen LogP contribution is -2.48. The van der Waals surface area contributed by atoms with Crippen molar-refractivity contribution in [3.05, 3.63) is 95.7 Å². The van der Waals surface area contributed by atoms with E-state index in [2.05, 4.69) is 54.3 Å². The summed E-state index contributed by atoms with van der Waals surface area (Å²) in [5.74, 6) is 0. The van der Waals surface area contributed by atoms with Crippen molar-refractivity contribution in [2.75, 3.05) is 44.6 Å². The zero-order valence-corrected chi connectivity index (χ0v) is 19.9. The molecule has 1 aliphatic heterocycles. The Bertz CT molecular complexity index is 1160. The third-order valence-electron chi connectivity index (χ3n) is 6.38. The Morgan fingerprint density at radius 1 is 0.824 bits per heavy atom. The molecule has 1 saturated heterocycles. The maximum atomic E-state index is 6.11. The second-order valence-electron chi connectivity index (χ2n) is 8.59. The molecule has 174 valence electrons. The van der Waals surface area contributed by atoms with Crippen LogP contribution in [0.25, 0.3) is 10.9 Å². The highest BCUT2D eigenvalue weighted by Crippen LogP contribution is 2.27. The summed E-state index contributed by atoms with van der Waals surface area (Å²) in [7, 11) is 0. The van der Waals surface area contributed by atoms with E-state index in [-0.39, 0.29) is 6.04 Å². The summed E-state index contributed by atoms with van der Waals surface area (Å²) in [6.07, 6.45) is 6.66. The van der Waals surface area contributed by atoms with E-state index in [1.54, 1.807) is 0 Å². The first-order chi connectivity index (χ1) is 16.8. The highest BCUT2D eigenvalue weighted by Gasteiger charge is 2.27. The number of nitrogens with one attached hydrogen (secondary N) is 1. The van der Waals surface area contributed by atoms with Crippen LogP contribution in [0, 0.1) is 0 Å². The number of pyridine rings is 3. The van der Waals surface area contributed by atoms with Crippen LogP contribution < -0.4 is 5.32 Å². The van der Waals surface area contributed by atoms with Crippen molar-refractivity contribution in [1.82, 2.24) is 24.8 Å². The van der Waals surface area contributed by atoms with Gasteiger partial charge in [-0.05, 0) is 61.5 Å². The molecule has 4 heterocycles. The van der Waals surface area contributed by atoms with Gasteiger partial charge >= 0.3 is 0 Å². The van der Waals surface area contributed by atoms with Gasteiger partial charge in [0.25, 0.3) is 0 Å². The molecule has 0 spiro atoms. The molecule has 5 rings (SSSR count). The van der Waals surface area contributed by atoms with Gasteiger partial charge in [0.1, 0.15) is 0 Å². The highest BCUT2D eigenvalue weighted by molar-refractivity contribution is 6.31. The quantitative estimate of drug-likeness (QED) is 0.368. The number of hydrogen-bond donors (Lipinski definition) is 1. The fraction of sp³-hybridized carbons (Fsp3) is 0.296. The van der Waals surface area contributed by atoms with Gasteiger partial charge in [0.2, 0.25) is 0 Å². The average Bonchev–Trinajstić information content (AvgIpc) is 2.89. The lowest BCUT2D eigenvalue weighted by molar-refractivity contribution is 0.106. The Balaban J connectivity index is 1.14. The number of fused-ring (bicyclic) bond motifs is 1. The summed E-state index contributed by atoms with van der Waals surface area (Å²) in [5, 5.41) is 5.40. The van der Waals surface area contributed by atoms with E-state index in [4.69, 9.17) is 11.6 Å². The molecule has 4 aromatic rings. The van der Waals surface area contributed by atoms with Crippen molar-refractivity contribution in [2.24, 2.45) is 0 Å². The maximum absolute atomic E-state index is 6.11. The van der Waals surface area contributed by atoms with Gasteiger partial charge in [-0.15, -0.1) is 0 Å². The van der Waals surface area contributed by atoms with E-state index >= 15 is 0 Å². The Hall–Kier alpha value is -3.06. The molecule has 0 bridgehead atoms.